The molecule has 1 saturated carbocycles. The number of hydrogen-bond acceptors (Lipinski definition) is 5. The van der Waals surface area contributed by atoms with E-state index in [1.807, 2.05) is 25.7 Å². The van der Waals surface area contributed by atoms with Crippen LogP contribution in [-0.4, -0.2) is 59.4 Å². The highest BCUT2D eigenvalue weighted by atomic mass is 16.3. The maximum Gasteiger partial charge on any atom is 0.245 e. The standard InChI is InChI=1S/C22H40N4O3/c1-12(2)10-14(24-20(29)21(3,4)5)19(28)26-11-13-16(22(13,6)7)17(26)18(27)25-15-8-9-23-15/h12-18,23,25,27H,8-11H2,1-7H3,(H,24,29)/t13-,14-,15?,16-,17-,18?/m0/s1. The number of rotatable bonds is 7. The molecule has 2 saturated heterocycles. The summed E-state index contributed by atoms with van der Waals surface area (Å²) in [7, 11) is 0. The molecule has 6 atom stereocenters. The van der Waals surface area contributed by atoms with Crippen molar-refractivity contribution in [2.75, 3.05) is 13.1 Å². The van der Waals surface area contributed by atoms with E-state index >= 15 is 0 Å². The van der Waals surface area contributed by atoms with E-state index in [4.69, 9.17) is 0 Å². The Morgan fingerprint density at radius 3 is 2.38 bits per heavy atom. The molecule has 2 aliphatic heterocycles. The van der Waals surface area contributed by atoms with Crippen LogP contribution in [0.5, 0.6) is 0 Å². The summed E-state index contributed by atoms with van der Waals surface area (Å²) in [4.78, 5) is 28.0. The third-order valence-electron chi connectivity index (χ3n) is 7.05. The second kappa shape index (κ2) is 7.82. The number of fused-ring (bicyclic) bond motifs is 1. The zero-order chi connectivity index (χ0) is 21.7. The first kappa shape index (κ1) is 22.5. The highest BCUT2D eigenvalue weighted by molar-refractivity contribution is 5.90. The smallest absolute Gasteiger partial charge is 0.245 e. The van der Waals surface area contributed by atoms with Gasteiger partial charge in [-0.05, 0) is 42.6 Å². The summed E-state index contributed by atoms with van der Waals surface area (Å²) in [5.74, 6) is 0.785. The fourth-order valence-electron chi connectivity index (χ4n) is 4.95. The normalized spacial score (nSPS) is 32.4. The van der Waals surface area contributed by atoms with E-state index in [-0.39, 0.29) is 41.3 Å². The van der Waals surface area contributed by atoms with Gasteiger partial charge in [-0.15, -0.1) is 0 Å². The zero-order valence-corrected chi connectivity index (χ0v) is 19.1. The van der Waals surface area contributed by atoms with E-state index in [9.17, 15) is 14.7 Å². The average molecular weight is 409 g/mol. The van der Waals surface area contributed by atoms with Crippen LogP contribution in [0.2, 0.25) is 0 Å². The Labute approximate surface area is 175 Å². The van der Waals surface area contributed by atoms with Crippen molar-refractivity contribution in [2.24, 2.45) is 28.6 Å². The topological polar surface area (TPSA) is 93.7 Å². The minimum Gasteiger partial charge on any atom is -0.376 e. The van der Waals surface area contributed by atoms with Crippen molar-refractivity contribution in [3.63, 3.8) is 0 Å². The SMILES string of the molecule is CC(C)C[C@H](NC(=O)C(C)(C)C)C(=O)N1C[C@H]2[C@@H]([C@H]1C(O)NC1CCN1)C2(C)C. The van der Waals surface area contributed by atoms with Gasteiger partial charge in [0.25, 0.3) is 0 Å². The predicted molar refractivity (Wildman–Crippen MR) is 113 cm³/mol. The van der Waals surface area contributed by atoms with Gasteiger partial charge in [0, 0.05) is 12.0 Å². The van der Waals surface area contributed by atoms with Gasteiger partial charge in [0.2, 0.25) is 11.8 Å². The summed E-state index contributed by atoms with van der Waals surface area (Å²) < 4.78 is 0. The number of nitrogens with one attached hydrogen (secondary N) is 3. The van der Waals surface area contributed by atoms with E-state index in [1.165, 1.54) is 0 Å². The molecular weight excluding hydrogens is 368 g/mol. The van der Waals surface area contributed by atoms with Crippen LogP contribution in [0.3, 0.4) is 0 Å². The van der Waals surface area contributed by atoms with E-state index < -0.39 is 17.7 Å². The molecule has 2 heterocycles. The Kier molecular flexibility index (Phi) is 6.07. The highest BCUT2D eigenvalue weighted by Crippen LogP contribution is 2.65. The summed E-state index contributed by atoms with van der Waals surface area (Å²) >= 11 is 0. The molecule has 0 spiro atoms. The van der Waals surface area contributed by atoms with Gasteiger partial charge in [-0.25, -0.2) is 0 Å². The van der Waals surface area contributed by atoms with Gasteiger partial charge in [0.15, 0.2) is 0 Å². The predicted octanol–water partition coefficient (Wildman–Crippen LogP) is 1.27. The quantitative estimate of drug-likeness (QED) is 0.476. The molecule has 3 aliphatic rings. The van der Waals surface area contributed by atoms with Crippen molar-refractivity contribution in [1.29, 1.82) is 0 Å². The molecule has 0 bridgehead atoms. The second-order valence-electron chi connectivity index (χ2n) is 11.2. The molecule has 7 heteroatoms. The van der Waals surface area contributed by atoms with Crippen LogP contribution >= 0.6 is 0 Å². The number of aliphatic hydroxyl groups is 1. The fourth-order valence-corrected chi connectivity index (χ4v) is 4.95. The van der Waals surface area contributed by atoms with Crippen LogP contribution in [0.15, 0.2) is 0 Å². The van der Waals surface area contributed by atoms with Gasteiger partial charge in [0.05, 0.1) is 12.2 Å². The maximum absolute atomic E-state index is 13.6. The van der Waals surface area contributed by atoms with Crippen molar-refractivity contribution in [3.05, 3.63) is 0 Å². The van der Waals surface area contributed by atoms with Gasteiger partial charge in [-0.3, -0.25) is 14.9 Å². The largest absolute Gasteiger partial charge is 0.376 e. The highest BCUT2D eigenvalue weighted by Gasteiger charge is 2.69. The number of piperidine rings is 1. The van der Waals surface area contributed by atoms with Crippen molar-refractivity contribution in [3.8, 4) is 0 Å². The molecule has 7 nitrogen and oxygen atoms in total. The van der Waals surface area contributed by atoms with Crippen LogP contribution in [0.4, 0.5) is 0 Å². The van der Waals surface area contributed by atoms with Gasteiger partial charge in [-0.1, -0.05) is 48.5 Å². The lowest BCUT2D eigenvalue weighted by Gasteiger charge is -2.40. The monoisotopic (exact) mass is 408 g/mol. The van der Waals surface area contributed by atoms with Crippen LogP contribution in [-0.2, 0) is 9.59 Å². The van der Waals surface area contributed by atoms with Crippen LogP contribution in [0.1, 0.15) is 61.3 Å². The molecule has 3 fully saturated rings. The van der Waals surface area contributed by atoms with Gasteiger partial charge >= 0.3 is 0 Å². The van der Waals surface area contributed by atoms with Crippen molar-refractivity contribution >= 4 is 11.8 Å². The van der Waals surface area contributed by atoms with Crippen molar-refractivity contribution < 1.29 is 14.7 Å². The Hall–Kier alpha value is -1.18. The van der Waals surface area contributed by atoms with Crippen molar-refractivity contribution in [2.45, 2.75) is 85.8 Å². The average Bonchev–Trinajstić information content (AvgIpc) is 2.92. The second-order valence-corrected chi connectivity index (χ2v) is 11.2. The summed E-state index contributed by atoms with van der Waals surface area (Å²) in [5.41, 5.74) is -0.416. The minimum atomic E-state index is -0.772. The van der Waals surface area contributed by atoms with Crippen molar-refractivity contribution in [1.82, 2.24) is 20.9 Å². The molecule has 0 radical (unpaired) electrons. The molecule has 0 aromatic rings. The molecule has 1 aliphatic carbocycles. The lowest BCUT2D eigenvalue weighted by Crippen LogP contribution is -2.63. The maximum atomic E-state index is 13.6. The lowest BCUT2D eigenvalue weighted by atomic mass is 9.93. The lowest BCUT2D eigenvalue weighted by molar-refractivity contribution is -0.143. The molecule has 4 N–H and O–H groups in total. The zero-order valence-electron chi connectivity index (χ0n) is 19.1. The Bertz CT molecular complexity index is 638. The number of aliphatic hydroxyl groups excluding tert-OH is 1. The number of hydrogen-bond donors (Lipinski definition) is 4. The molecule has 166 valence electrons. The fraction of sp³-hybridized carbons (Fsp3) is 0.909. The van der Waals surface area contributed by atoms with E-state index in [1.54, 1.807) is 0 Å². The molecule has 3 rings (SSSR count). The Morgan fingerprint density at radius 2 is 1.90 bits per heavy atom. The number of nitrogens with zero attached hydrogens (tertiary/aromatic N) is 1. The summed E-state index contributed by atoms with van der Waals surface area (Å²) in [6.07, 6.45) is 0.907. The van der Waals surface area contributed by atoms with Gasteiger partial charge in [-0.2, -0.15) is 0 Å². The summed E-state index contributed by atoms with van der Waals surface area (Å²) in [6, 6.07) is -0.815. The summed E-state index contributed by atoms with van der Waals surface area (Å²) in [6.45, 7) is 15.7. The van der Waals surface area contributed by atoms with Gasteiger partial charge in [0.1, 0.15) is 12.3 Å². The third kappa shape index (κ3) is 4.47. The van der Waals surface area contributed by atoms with Crippen LogP contribution in [0.25, 0.3) is 0 Å². The number of carbonyl (C=O) groups is 2. The van der Waals surface area contributed by atoms with Crippen LogP contribution in [0, 0.1) is 28.6 Å². The number of carbonyl (C=O) groups excluding carboxylic acids is 2. The van der Waals surface area contributed by atoms with E-state index in [0.29, 0.717) is 18.9 Å². The Morgan fingerprint density at radius 1 is 1.28 bits per heavy atom. The first-order chi connectivity index (χ1) is 13.3. The molecule has 0 aromatic heterocycles. The number of amides is 2. The molecule has 29 heavy (non-hydrogen) atoms. The molecule has 2 unspecified atom stereocenters. The van der Waals surface area contributed by atoms with E-state index in [2.05, 4.69) is 43.6 Å². The van der Waals surface area contributed by atoms with Crippen LogP contribution < -0.4 is 16.0 Å². The first-order valence-electron chi connectivity index (χ1n) is 11.1. The van der Waals surface area contributed by atoms with Gasteiger partial charge < -0.3 is 20.6 Å². The summed E-state index contributed by atoms with van der Waals surface area (Å²) in [5, 5.41) is 20.5. The first-order valence-corrected chi connectivity index (χ1v) is 11.1. The Balaban J connectivity index is 1.76. The molecule has 2 amide bonds. The molecule has 0 aromatic carbocycles. The minimum absolute atomic E-state index is 0.0632. The molecular formula is C22H40N4O3. The number of likely N-dealkylation sites (tertiary alicyclic amines) is 1. The van der Waals surface area contributed by atoms with E-state index in [0.717, 1.165) is 13.0 Å². The third-order valence-corrected chi connectivity index (χ3v) is 7.05.